The van der Waals surface area contributed by atoms with E-state index in [1.54, 1.807) is 20.3 Å². The molecule has 1 saturated carbocycles. The second kappa shape index (κ2) is 8.57. The Morgan fingerprint density at radius 1 is 1.12 bits per heavy atom. The van der Waals surface area contributed by atoms with E-state index in [1.165, 1.54) is 0 Å². The fraction of sp³-hybridized carbons (Fsp3) is 0.556. The van der Waals surface area contributed by atoms with Gasteiger partial charge in [-0.15, -0.1) is 0 Å². The highest BCUT2D eigenvalue weighted by Gasteiger charge is 2.30. The van der Waals surface area contributed by atoms with Crippen molar-refractivity contribution in [2.24, 2.45) is 11.7 Å². The van der Waals surface area contributed by atoms with Gasteiger partial charge in [-0.05, 0) is 37.0 Å². The number of hydrogen-bond donors (Lipinski definition) is 2. The lowest BCUT2D eigenvalue weighted by atomic mass is 9.84. The predicted octanol–water partition coefficient (Wildman–Crippen LogP) is 1.80. The van der Waals surface area contributed by atoms with Gasteiger partial charge in [-0.1, -0.05) is 12.8 Å². The van der Waals surface area contributed by atoms with Crippen LogP contribution in [0.5, 0.6) is 11.5 Å². The summed E-state index contributed by atoms with van der Waals surface area (Å²) >= 11 is 0. The molecule has 3 N–H and O–H groups in total. The Labute approximate surface area is 142 Å². The highest BCUT2D eigenvalue weighted by Crippen LogP contribution is 2.25. The van der Waals surface area contributed by atoms with E-state index in [-0.39, 0.29) is 23.8 Å². The number of amides is 2. The molecule has 1 fully saturated rings. The van der Waals surface area contributed by atoms with Crippen LogP contribution in [0.4, 0.5) is 0 Å². The first-order valence-electron chi connectivity index (χ1n) is 8.34. The number of aryl methyl sites for hydroxylation is 1. The summed E-state index contributed by atoms with van der Waals surface area (Å²) < 4.78 is 10.5. The molecule has 6 nitrogen and oxygen atoms in total. The maximum Gasteiger partial charge on any atom is 0.222 e. The summed E-state index contributed by atoms with van der Waals surface area (Å²) in [6, 6.07) is 5.44. The van der Waals surface area contributed by atoms with Crippen molar-refractivity contribution in [1.82, 2.24) is 5.32 Å². The number of rotatable bonds is 7. The molecule has 1 aromatic carbocycles. The molecule has 24 heavy (non-hydrogen) atoms. The summed E-state index contributed by atoms with van der Waals surface area (Å²) in [4.78, 5) is 23.7. The Kier molecular flexibility index (Phi) is 6.46. The van der Waals surface area contributed by atoms with Gasteiger partial charge < -0.3 is 20.5 Å². The second-order valence-corrected chi connectivity index (χ2v) is 6.19. The third-order valence-corrected chi connectivity index (χ3v) is 4.53. The average Bonchev–Trinajstić information content (AvgIpc) is 2.59. The molecule has 2 atom stereocenters. The smallest absolute Gasteiger partial charge is 0.222 e. The number of hydrogen-bond acceptors (Lipinski definition) is 4. The number of carbonyl (C=O) groups excluding carboxylic acids is 2. The van der Waals surface area contributed by atoms with Gasteiger partial charge in [-0.3, -0.25) is 9.59 Å². The number of benzene rings is 1. The largest absolute Gasteiger partial charge is 0.497 e. The van der Waals surface area contributed by atoms with Gasteiger partial charge >= 0.3 is 0 Å². The van der Waals surface area contributed by atoms with Crippen LogP contribution < -0.4 is 20.5 Å². The van der Waals surface area contributed by atoms with Gasteiger partial charge in [-0.2, -0.15) is 0 Å². The van der Waals surface area contributed by atoms with Crippen LogP contribution in [0.3, 0.4) is 0 Å². The number of methoxy groups -OCH3 is 2. The van der Waals surface area contributed by atoms with Crippen LogP contribution in [0.15, 0.2) is 18.2 Å². The lowest BCUT2D eigenvalue weighted by molar-refractivity contribution is -0.126. The van der Waals surface area contributed by atoms with E-state index in [2.05, 4.69) is 5.32 Å². The Balaban J connectivity index is 1.92. The summed E-state index contributed by atoms with van der Waals surface area (Å²) in [5.74, 6) is 0.767. The summed E-state index contributed by atoms with van der Waals surface area (Å²) in [7, 11) is 3.19. The maximum atomic E-state index is 12.2. The first-order chi connectivity index (χ1) is 11.5. The van der Waals surface area contributed by atoms with E-state index >= 15 is 0 Å². The van der Waals surface area contributed by atoms with Crippen LogP contribution in [-0.2, 0) is 16.0 Å². The number of nitrogens with two attached hydrogens (primary N) is 1. The molecule has 0 spiro atoms. The number of carbonyl (C=O) groups is 2. The number of nitrogens with one attached hydrogen (secondary N) is 1. The molecule has 0 heterocycles. The Morgan fingerprint density at radius 2 is 1.75 bits per heavy atom. The fourth-order valence-corrected chi connectivity index (χ4v) is 3.19. The van der Waals surface area contributed by atoms with Gasteiger partial charge in [0.15, 0.2) is 0 Å². The minimum Gasteiger partial charge on any atom is -0.497 e. The second-order valence-electron chi connectivity index (χ2n) is 6.19. The van der Waals surface area contributed by atoms with Crippen molar-refractivity contribution >= 4 is 11.8 Å². The molecule has 0 unspecified atom stereocenters. The van der Waals surface area contributed by atoms with Crippen molar-refractivity contribution in [3.05, 3.63) is 23.8 Å². The quantitative estimate of drug-likeness (QED) is 0.795. The van der Waals surface area contributed by atoms with Gasteiger partial charge in [0.25, 0.3) is 0 Å². The van der Waals surface area contributed by atoms with Crippen molar-refractivity contribution in [2.75, 3.05) is 14.2 Å². The number of ether oxygens (including phenoxy) is 2. The highest BCUT2D eigenvalue weighted by atomic mass is 16.5. The molecule has 2 amide bonds. The minimum absolute atomic E-state index is 0.0602. The highest BCUT2D eigenvalue weighted by molar-refractivity contribution is 5.80. The zero-order valence-corrected chi connectivity index (χ0v) is 14.3. The van der Waals surface area contributed by atoms with Crippen LogP contribution in [0.2, 0.25) is 0 Å². The topological polar surface area (TPSA) is 90.6 Å². The molecule has 1 aliphatic rings. The molecule has 132 valence electrons. The molecule has 0 aromatic heterocycles. The molecule has 0 bridgehead atoms. The van der Waals surface area contributed by atoms with Crippen molar-refractivity contribution in [3.63, 3.8) is 0 Å². The van der Waals surface area contributed by atoms with E-state index in [0.717, 1.165) is 31.2 Å². The number of primary amides is 1. The van der Waals surface area contributed by atoms with E-state index in [4.69, 9.17) is 15.2 Å². The Bertz CT molecular complexity index is 566. The van der Waals surface area contributed by atoms with Crippen LogP contribution in [0.25, 0.3) is 0 Å². The zero-order chi connectivity index (χ0) is 17.5. The van der Waals surface area contributed by atoms with E-state index in [0.29, 0.717) is 24.3 Å². The summed E-state index contributed by atoms with van der Waals surface area (Å²) in [5.41, 5.74) is 6.41. The SMILES string of the molecule is COc1cc(CCC(=O)N[C@@H]2CCCC[C@H]2C(N)=O)cc(OC)c1. The molecule has 2 rings (SSSR count). The van der Waals surface area contributed by atoms with Crippen LogP contribution in [0, 0.1) is 5.92 Å². The van der Waals surface area contributed by atoms with Gasteiger partial charge in [0.05, 0.1) is 20.1 Å². The van der Waals surface area contributed by atoms with Crippen molar-refractivity contribution in [1.29, 1.82) is 0 Å². The molecular formula is C18H26N2O4. The van der Waals surface area contributed by atoms with Crippen molar-refractivity contribution in [3.8, 4) is 11.5 Å². The molecule has 0 radical (unpaired) electrons. The normalized spacial score (nSPS) is 20.2. The molecule has 6 heteroatoms. The summed E-state index contributed by atoms with van der Waals surface area (Å²) in [5, 5.41) is 2.98. The molecule has 1 aromatic rings. The summed E-state index contributed by atoms with van der Waals surface area (Å²) in [6.45, 7) is 0. The van der Waals surface area contributed by atoms with Crippen LogP contribution in [-0.4, -0.2) is 32.1 Å². The Morgan fingerprint density at radius 3 is 2.33 bits per heavy atom. The lowest BCUT2D eigenvalue weighted by Gasteiger charge is -2.30. The third-order valence-electron chi connectivity index (χ3n) is 4.53. The average molecular weight is 334 g/mol. The van der Waals surface area contributed by atoms with Gasteiger partial charge in [0.2, 0.25) is 11.8 Å². The minimum atomic E-state index is -0.322. The first-order valence-corrected chi connectivity index (χ1v) is 8.34. The maximum absolute atomic E-state index is 12.2. The molecular weight excluding hydrogens is 308 g/mol. The van der Waals surface area contributed by atoms with Crippen LogP contribution >= 0.6 is 0 Å². The standard InChI is InChI=1S/C18H26N2O4/c1-23-13-9-12(10-14(11-13)24-2)7-8-17(21)20-16-6-4-3-5-15(16)18(19)22/h9-11,15-16H,3-8H2,1-2H3,(H2,19,22)(H,20,21)/t15-,16-/m1/s1. The van der Waals surface area contributed by atoms with Gasteiger partial charge in [0, 0.05) is 18.5 Å². The Hall–Kier alpha value is -2.24. The molecule has 0 aliphatic heterocycles. The molecule has 1 aliphatic carbocycles. The van der Waals surface area contributed by atoms with Crippen molar-refractivity contribution in [2.45, 2.75) is 44.6 Å². The van der Waals surface area contributed by atoms with E-state index in [1.807, 2.05) is 12.1 Å². The third kappa shape index (κ3) is 4.88. The first kappa shape index (κ1) is 18.1. The summed E-state index contributed by atoms with van der Waals surface area (Å²) in [6.07, 6.45) is 4.50. The van der Waals surface area contributed by atoms with Gasteiger partial charge in [-0.25, -0.2) is 0 Å². The van der Waals surface area contributed by atoms with E-state index in [9.17, 15) is 9.59 Å². The van der Waals surface area contributed by atoms with Crippen LogP contribution in [0.1, 0.15) is 37.7 Å². The zero-order valence-electron chi connectivity index (χ0n) is 14.3. The molecule has 0 saturated heterocycles. The monoisotopic (exact) mass is 334 g/mol. The predicted molar refractivity (Wildman–Crippen MR) is 91.0 cm³/mol. The van der Waals surface area contributed by atoms with Gasteiger partial charge in [0.1, 0.15) is 11.5 Å². The lowest BCUT2D eigenvalue weighted by Crippen LogP contribution is -2.47. The van der Waals surface area contributed by atoms with E-state index < -0.39 is 0 Å². The fourth-order valence-electron chi connectivity index (χ4n) is 3.19. The van der Waals surface area contributed by atoms with Crippen molar-refractivity contribution < 1.29 is 19.1 Å².